The van der Waals surface area contributed by atoms with Crippen molar-refractivity contribution in [3.05, 3.63) is 64.2 Å². The van der Waals surface area contributed by atoms with E-state index < -0.39 is 0 Å². The third kappa shape index (κ3) is 3.22. The molecule has 0 saturated carbocycles. The molecule has 0 aromatic heterocycles. The Kier molecular flexibility index (Phi) is 4.41. The highest BCUT2D eigenvalue weighted by molar-refractivity contribution is 6.09. The summed E-state index contributed by atoms with van der Waals surface area (Å²) in [5, 5.41) is 0. The van der Waals surface area contributed by atoms with Crippen molar-refractivity contribution in [3.63, 3.8) is 0 Å². The molecular weight excluding hydrogens is 272 g/mol. The van der Waals surface area contributed by atoms with Crippen LogP contribution in [0.5, 0.6) is 5.75 Å². The molecule has 2 nitrogen and oxygen atoms in total. The molecule has 0 heterocycles. The number of ketones is 1. The molecule has 0 aliphatic heterocycles. The van der Waals surface area contributed by atoms with Crippen LogP contribution in [0.2, 0.25) is 0 Å². The van der Waals surface area contributed by atoms with E-state index in [1.54, 1.807) is 7.11 Å². The first kappa shape index (κ1) is 16.3. The number of carbonyl (C=O) groups is 1. The molecule has 22 heavy (non-hydrogen) atoms. The van der Waals surface area contributed by atoms with Crippen molar-refractivity contribution in [2.45, 2.75) is 40.0 Å². The van der Waals surface area contributed by atoms with Crippen LogP contribution in [0.4, 0.5) is 0 Å². The number of methoxy groups -OCH3 is 1. The molecule has 2 aromatic rings. The average molecular weight is 296 g/mol. The molecule has 0 bridgehead atoms. The van der Waals surface area contributed by atoms with Gasteiger partial charge in [-0.05, 0) is 48.1 Å². The van der Waals surface area contributed by atoms with Gasteiger partial charge < -0.3 is 4.74 Å². The van der Waals surface area contributed by atoms with E-state index in [0.29, 0.717) is 5.56 Å². The van der Waals surface area contributed by atoms with Gasteiger partial charge in [0.05, 0.1) is 7.11 Å². The Morgan fingerprint density at radius 1 is 0.909 bits per heavy atom. The molecule has 0 amide bonds. The second kappa shape index (κ2) is 5.96. The molecule has 0 unspecified atom stereocenters. The summed E-state index contributed by atoms with van der Waals surface area (Å²) in [4.78, 5) is 12.7. The minimum absolute atomic E-state index is 0.0503. The zero-order chi connectivity index (χ0) is 16.5. The summed E-state index contributed by atoms with van der Waals surface area (Å²) in [5.74, 6) is 0.897. The molecule has 0 fully saturated rings. The van der Waals surface area contributed by atoms with E-state index >= 15 is 0 Å². The van der Waals surface area contributed by atoms with Crippen molar-refractivity contribution >= 4 is 5.78 Å². The lowest BCUT2D eigenvalue weighted by Gasteiger charge is -2.19. The lowest BCUT2D eigenvalue weighted by molar-refractivity contribution is 0.103. The smallest absolute Gasteiger partial charge is 0.193 e. The van der Waals surface area contributed by atoms with Crippen molar-refractivity contribution in [1.29, 1.82) is 0 Å². The van der Waals surface area contributed by atoms with E-state index in [-0.39, 0.29) is 11.2 Å². The van der Waals surface area contributed by atoms with Gasteiger partial charge in [0.15, 0.2) is 5.78 Å². The Bertz CT molecular complexity index is 666. The van der Waals surface area contributed by atoms with E-state index in [1.165, 1.54) is 5.56 Å². The summed E-state index contributed by atoms with van der Waals surface area (Å²) >= 11 is 0. The molecule has 116 valence electrons. The van der Waals surface area contributed by atoms with Crippen molar-refractivity contribution in [1.82, 2.24) is 0 Å². The number of hydrogen-bond acceptors (Lipinski definition) is 2. The highest BCUT2D eigenvalue weighted by atomic mass is 16.5. The van der Waals surface area contributed by atoms with Gasteiger partial charge >= 0.3 is 0 Å². The predicted molar refractivity (Wildman–Crippen MR) is 91.0 cm³/mol. The fraction of sp³-hybridized carbons (Fsp3) is 0.350. The Hall–Kier alpha value is -2.09. The van der Waals surface area contributed by atoms with Gasteiger partial charge in [0.2, 0.25) is 0 Å². The maximum absolute atomic E-state index is 12.7. The zero-order valence-electron chi connectivity index (χ0n) is 14.3. The second-order valence-corrected chi connectivity index (χ2v) is 6.80. The molecular formula is C20H24O2. The summed E-state index contributed by atoms with van der Waals surface area (Å²) in [6.45, 7) is 10.4. The molecule has 0 N–H and O–H groups in total. The molecule has 2 heteroatoms. The summed E-state index contributed by atoms with van der Waals surface area (Å²) in [6.07, 6.45) is 0. The fourth-order valence-electron chi connectivity index (χ4n) is 2.69. The fourth-order valence-corrected chi connectivity index (χ4v) is 2.69. The summed E-state index contributed by atoms with van der Waals surface area (Å²) in [5.41, 5.74) is 4.71. The van der Waals surface area contributed by atoms with Crippen LogP contribution in [0.25, 0.3) is 0 Å². The van der Waals surface area contributed by atoms with E-state index in [1.807, 2.05) is 50.2 Å². The standard InChI is InChI=1S/C20H24O2/c1-13-11-16(12-14(2)19(13)22-6)18(21)15-7-9-17(10-8-15)20(3,4)5/h7-12H,1-6H3. The molecule has 0 aliphatic carbocycles. The first-order chi connectivity index (χ1) is 10.2. The van der Waals surface area contributed by atoms with Crippen molar-refractivity contribution in [2.24, 2.45) is 0 Å². The van der Waals surface area contributed by atoms with Crippen LogP contribution in [-0.2, 0) is 5.41 Å². The quantitative estimate of drug-likeness (QED) is 0.757. The topological polar surface area (TPSA) is 26.3 Å². The third-order valence-electron chi connectivity index (χ3n) is 3.94. The van der Waals surface area contributed by atoms with Gasteiger partial charge in [-0.25, -0.2) is 0 Å². The Balaban J connectivity index is 2.36. The van der Waals surface area contributed by atoms with Gasteiger partial charge in [-0.15, -0.1) is 0 Å². The summed E-state index contributed by atoms with van der Waals surface area (Å²) in [6, 6.07) is 11.7. The van der Waals surface area contributed by atoms with Crippen LogP contribution in [0.1, 0.15) is 53.4 Å². The third-order valence-corrected chi connectivity index (χ3v) is 3.94. The molecule has 0 spiro atoms. The van der Waals surface area contributed by atoms with Gasteiger partial charge in [-0.1, -0.05) is 45.0 Å². The number of hydrogen-bond donors (Lipinski definition) is 0. The Labute approximate surface area is 133 Å². The highest BCUT2D eigenvalue weighted by Crippen LogP contribution is 2.26. The monoisotopic (exact) mass is 296 g/mol. The van der Waals surface area contributed by atoms with Crippen LogP contribution < -0.4 is 4.74 Å². The summed E-state index contributed by atoms with van der Waals surface area (Å²) in [7, 11) is 1.65. The van der Waals surface area contributed by atoms with Gasteiger partial charge in [-0.2, -0.15) is 0 Å². The zero-order valence-corrected chi connectivity index (χ0v) is 14.3. The van der Waals surface area contributed by atoms with E-state index in [9.17, 15) is 4.79 Å². The van der Waals surface area contributed by atoms with E-state index in [4.69, 9.17) is 4.74 Å². The molecule has 0 atom stereocenters. The van der Waals surface area contributed by atoms with Crippen molar-refractivity contribution in [3.8, 4) is 5.75 Å². The molecule has 0 saturated heterocycles. The number of benzene rings is 2. The van der Waals surface area contributed by atoms with Crippen molar-refractivity contribution in [2.75, 3.05) is 7.11 Å². The molecule has 2 rings (SSSR count). The maximum atomic E-state index is 12.7. The van der Waals surface area contributed by atoms with Crippen LogP contribution >= 0.6 is 0 Å². The second-order valence-electron chi connectivity index (χ2n) is 6.80. The summed E-state index contributed by atoms with van der Waals surface area (Å²) < 4.78 is 5.36. The lowest BCUT2D eigenvalue weighted by Crippen LogP contribution is -2.11. The maximum Gasteiger partial charge on any atom is 0.193 e. The number of rotatable bonds is 3. The van der Waals surface area contributed by atoms with E-state index in [0.717, 1.165) is 22.4 Å². The van der Waals surface area contributed by atoms with Crippen molar-refractivity contribution < 1.29 is 9.53 Å². The van der Waals surface area contributed by atoms with Crippen LogP contribution in [0, 0.1) is 13.8 Å². The van der Waals surface area contributed by atoms with Gasteiger partial charge in [0, 0.05) is 11.1 Å². The lowest BCUT2D eigenvalue weighted by atomic mass is 9.86. The minimum atomic E-state index is 0.0503. The molecule has 2 aromatic carbocycles. The predicted octanol–water partition coefficient (Wildman–Crippen LogP) is 4.84. The number of ether oxygens (including phenoxy) is 1. The van der Waals surface area contributed by atoms with Gasteiger partial charge in [0.25, 0.3) is 0 Å². The highest BCUT2D eigenvalue weighted by Gasteiger charge is 2.16. The minimum Gasteiger partial charge on any atom is -0.496 e. The first-order valence-electron chi connectivity index (χ1n) is 7.54. The normalized spacial score (nSPS) is 11.4. The Morgan fingerprint density at radius 2 is 1.41 bits per heavy atom. The van der Waals surface area contributed by atoms with Crippen LogP contribution in [0.3, 0.4) is 0 Å². The van der Waals surface area contributed by atoms with Gasteiger partial charge in [-0.3, -0.25) is 4.79 Å². The largest absolute Gasteiger partial charge is 0.496 e. The molecule has 0 radical (unpaired) electrons. The number of carbonyl (C=O) groups excluding carboxylic acids is 1. The Morgan fingerprint density at radius 3 is 1.82 bits per heavy atom. The number of aryl methyl sites for hydroxylation is 2. The van der Waals surface area contributed by atoms with Crippen LogP contribution in [-0.4, -0.2) is 12.9 Å². The van der Waals surface area contributed by atoms with E-state index in [2.05, 4.69) is 20.8 Å². The van der Waals surface area contributed by atoms with Crippen LogP contribution in [0.15, 0.2) is 36.4 Å². The first-order valence-corrected chi connectivity index (χ1v) is 7.54. The average Bonchev–Trinajstić information content (AvgIpc) is 2.45. The van der Waals surface area contributed by atoms with Gasteiger partial charge in [0.1, 0.15) is 5.75 Å². The SMILES string of the molecule is COc1c(C)cc(C(=O)c2ccc(C(C)(C)C)cc2)cc1C. The molecule has 0 aliphatic rings.